The fourth-order valence-electron chi connectivity index (χ4n) is 3.11. The summed E-state index contributed by atoms with van der Waals surface area (Å²) in [5.41, 5.74) is -0.186. The zero-order chi connectivity index (χ0) is 23.8. The number of tetrazole rings is 1. The Labute approximate surface area is 190 Å². The summed E-state index contributed by atoms with van der Waals surface area (Å²) in [5.74, 6) is -0.237. The molecule has 0 saturated heterocycles. The maximum Gasteiger partial charge on any atom is 0.419 e. The smallest absolute Gasteiger partial charge is 0.419 e. The second-order valence-corrected chi connectivity index (χ2v) is 7.46. The van der Waals surface area contributed by atoms with Gasteiger partial charge < -0.3 is 4.74 Å². The molecule has 0 bridgehead atoms. The lowest BCUT2D eigenvalue weighted by molar-refractivity contribution is -0.139. The van der Waals surface area contributed by atoms with Crippen LogP contribution in [0.25, 0.3) is 17.1 Å². The first-order valence-corrected chi connectivity index (χ1v) is 9.94. The molecule has 2 aromatic heterocycles. The highest BCUT2D eigenvalue weighted by molar-refractivity contribution is 6.31. The van der Waals surface area contributed by atoms with Gasteiger partial charge in [-0.05, 0) is 53.7 Å². The van der Waals surface area contributed by atoms with Gasteiger partial charge in [-0.1, -0.05) is 17.7 Å². The fourth-order valence-corrected chi connectivity index (χ4v) is 3.33. The molecule has 0 atom stereocenters. The van der Waals surface area contributed by atoms with E-state index in [9.17, 15) is 18.0 Å². The normalized spacial score (nSPS) is 11.6. The highest BCUT2D eigenvalue weighted by atomic mass is 35.5. The highest BCUT2D eigenvalue weighted by Crippen LogP contribution is 2.39. The number of hydrogen-bond donors (Lipinski definition) is 0. The van der Waals surface area contributed by atoms with E-state index < -0.39 is 23.2 Å². The van der Waals surface area contributed by atoms with Crippen molar-refractivity contribution in [2.45, 2.75) is 19.7 Å². The molecular formula is C21H16ClF3N6O2. The molecule has 12 heteroatoms. The average Bonchev–Trinajstić information content (AvgIpc) is 3.10. The van der Waals surface area contributed by atoms with Gasteiger partial charge in [0.1, 0.15) is 12.4 Å². The van der Waals surface area contributed by atoms with E-state index in [0.717, 1.165) is 15.4 Å². The van der Waals surface area contributed by atoms with Crippen molar-refractivity contribution in [1.82, 2.24) is 29.8 Å². The molecule has 4 aromatic rings. The lowest BCUT2D eigenvalue weighted by Gasteiger charge is -2.17. The van der Waals surface area contributed by atoms with Crippen LogP contribution in [0.5, 0.6) is 5.75 Å². The molecule has 0 amide bonds. The molecule has 0 aliphatic carbocycles. The van der Waals surface area contributed by atoms with Gasteiger partial charge in [0.15, 0.2) is 5.82 Å². The van der Waals surface area contributed by atoms with Crippen LogP contribution in [-0.2, 0) is 19.8 Å². The minimum absolute atomic E-state index is 0.169. The number of rotatable bonds is 5. The van der Waals surface area contributed by atoms with E-state index in [1.54, 1.807) is 25.1 Å². The van der Waals surface area contributed by atoms with Gasteiger partial charge in [0.25, 0.3) is 0 Å². The van der Waals surface area contributed by atoms with Crippen molar-refractivity contribution in [3.05, 3.63) is 81.0 Å². The molecule has 0 saturated carbocycles. The van der Waals surface area contributed by atoms with Crippen molar-refractivity contribution in [2.24, 2.45) is 7.05 Å². The summed E-state index contributed by atoms with van der Waals surface area (Å²) in [6.07, 6.45) is -3.22. The van der Waals surface area contributed by atoms with Gasteiger partial charge in [-0.15, -0.1) is 0 Å². The van der Waals surface area contributed by atoms with Crippen LogP contribution < -0.4 is 10.4 Å². The SMILES string of the molecule is Cc1ccnc(-c2ccc(OCc3c(Cl)cccc3-n3nnn(C)c3=O)c(C(F)(F)F)c2)n1. The molecule has 2 heterocycles. The quantitative estimate of drug-likeness (QED) is 0.433. The number of ether oxygens (including phenoxy) is 1. The van der Waals surface area contributed by atoms with Crippen LogP contribution in [0.2, 0.25) is 5.02 Å². The average molecular weight is 477 g/mol. The van der Waals surface area contributed by atoms with Crippen LogP contribution in [0.15, 0.2) is 53.5 Å². The minimum atomic E-state index is -4.69. The van der Waals surface area contributed by atoms with Crippen LogP contribution >= 0.6 is 11.6 Å². The summed E-state index contributed by atoms with van der Waals surface area (Å²) in [7, 11) is 1.42. The van der Waals surface area contributed by atoms with E-state index in [1.807, 2.05) is 0 Å². The van der Waals surface area contributed by atoms with Crippen molar-refractivity contribution in [3.63, 3.8) is 0 Å². The fraction of sp³-hybridized carbons (Fsp3) is 0.190. The molecule has 33 heavy (non-hydrogen) atoms. The van der Waals surface area contributed by atoms with Gasteiger partial charge in [-0.25, -0.2) is 14.8 Å². The van der Waals surface area contributed by atoms with Crippen LogP contribution in [0.1, 0.15) is 16.8 Å². The van der Waals surface area contributed by atoms with Crippen molar-refractivity contribution in [3.8, 4) is 22.8 Å². The number of nitrogens with zero attached hydrogens (tertiary/aromatic N) is 6. The Morgan fingerprint density at radius 1 is 1.12 bits per heavy atom. The number of hydrogen-bond acceptors (Lipinski definition) is 6. The van der Waals surface area contributed by atoms with Crippen LogP contribution in [0.4, 0.5) is 13.2 Å². The molecule has 0 spiro atoms. The first kappa shape index (κ1) is 22.5. The molecule has 8 nitrogen and oxygen atoms in total. The maximum atomic E-state index is 13.8. The number of aromatic nitrogens is 6. The van der Waals surface area contributed by atoms with E-state index in [4.69, 9.17) is 16.3 Å². The van der Waals surface area contributed by atoms with Crippen molar-refractivity contribution in [2.75, 3.05) is 0 Å². The predicted molar refractivity (Wildman–Crippen MR) is 113 cm³/mol. The monoisotopic (exact) mass is 476 g/mol. The summed E-state index contributed by atoms with van der Waals surface area (Å²) < 4.78 is 49.0. The second kappa shape index (κ2) is 8.66. The lowest BCUT2D eigenvalue weighted by Crippen LogP contribution is -2.23. The van der Waals surface area contributed by atoms with Crippen molar-refractivity contribution < 1.29 is 17.9 Å². The minimum Gasteiger partial charge on any atom is -0.488 e. The molecule has 0 fully saturated rings. The van der Waals surface area contributed by atoms with Crippen molar-refractivity contribution in [1.29, 1.82) is 0 Å². The summed E-state index contributed by atoms with van der Waals surface area (Å²) in [6.45, 7) is 1.37. The molecule has 170 valence electrons. The zero-order valence-electron chi connectivity index (χ0n) is 17.3. The molecule has 0 unspecified atom stereocenters. The third-order valence-electron chi connectivity index (χ3n) is 4.75. The van der Waals surface area contributed by atoms with E-state index in [1.165, 1.54) is 31.4 Å². The molecule has 2 aromatic carbocycles. The molecule has 4 rings (SSSR count). The predicted octanol–water partition coefficient (Wildman–Crippen LogP) is 3.98. The third kappa shape index (κ3) is 4.58. The Morgan fingerprint density at radius 3 is 2.58 bits per heavy atom. The van der Waals surface area contributed by atoms with E-state index in [-0.39, 0.29) is 34.3 Å². The zero-order valence-corrected chi connectivity index (χ0v) is 18.1. The van der Waals surface area contributed by atoms with Crippen molar-refractivity contribution >= 4 is 11.6 Å². The second-order valence-electron chi connectivity index (χ2n) is 7.05. The van der Waals surface area contributed by atoms with Gasteiger partial charge in [0, 0.05) is 35.1 Å². The third-order valence-corrected chi connectivity index (χ3v) is 5.11. The number of benzene rings is 2. The van der Waals surface area contributed by atoms with Gasteiger partial charge in [-0.2, -0.15) is 22.5 Å². The van der Waals surface area contributed by atoms with Gasteiger partial charge >= 0.3 is 11.9 Å². The van der Waals surface area contributed by atoms with Crippen LogP contribution in [0.3, 0.4) is 0 Å². The Kier molecular flexibility index (Phi) is 5.90. The molecule has 0 aliphatic heterocycles. The topological polar surface area (TPSA) is 87.7 Å². The highest BCUT2D eigenvalue weighted by Gasteiger charge is 2.35. The van der Waals surface area contributed by atoms with E-state index in [2.05, 4.69) is 20.4 Å². The number of aryl methyl sites for hydroxylation is 2. The maximum absolute atomic E-state index is 13.8. The van der Waals surface area contributed by atoms with E-state index >= 15 is 0 Å². The summed E-state index contributed by atoms with van der Waals surface area (Å²) in [5, 5.41) is 7.60. The van der Waals surface area contributed by atoms with E-state index in [0.29, 0.717) is 5.69 Å². The molecular weight excluding hydrogens is 461 g/mol. The lowest BCUT2D eigenvalue weighted by atomic mass is 10.1. The Hall–Kier alpha value is -3.73. The largest absolute Gasteiger partial charge is 0.488 e. The summed E-state index contributed by atoms with van der Waals surface area (Å²) in [4.78, 5) is 20.5. The van der Waals surface area contributed by atoms with Gasteiger partial charge in [0.05, 0.1) is 11.3 Å². The number of alkyl halides is 3. The first-order chi connectivity index (χ1) is 15.6. The standard InChI is InChI=1S/C21H16ClF3N6O2/c1-12-8-9-26-19(27-12)13-6-7-18(15(10-13)21(23,24)25)33-11-14-16(22)4-3-5-17(14)31-20(32)30(2)28-29-31/h3-10H,11H2,1-2H3. The summed E-state index contributed by atoms with van der Waals surface area (Å²) >= 11 is 6.27. The molecule has 0 aliphatic rings. The van der Waals surface area contributed by atoms with Gasteiger partial charge in [0.2, 0.25) is 0 Å². The Morgan fingerprint density at radius 2 is 1.91 bits per heavy atom. The van der Waals surface area contributed by atoms with Crippen LogP contribution in [-0.4, -0.2) is 29.8 Å². The number of halogens is 4. The first-order valence-electron chi connectivity index (χ1n) is 9.56. The van der Waals surface area contributed by atoms with Crippen LogP contribution in [0, 0.1) is 6.92 Å². The Bertz CT molecular complexity index is 1380. The summed E-state index contributed by atoms with van der Waals surface area (Å²) in [6, 6.07) is 9.90. The molecule has 0 N–H and O–H groups in total. The molecule has 0 radical (unpaired) electrons. The Balaban J connectivity index is 1.71. The van der Waals surface area contributed by atoms with Gasteiger partial charge in [-0.3, -0.25) is 0 Å².